The van der Waals surface area contributed by atoms with E-state index in [0.29, 0.717) is 13.0 Å². The molecular weight excluding hydrogens is 679 g/mol. The van der Waals surface area contributed by atoms with Crippen LogP contribution in [0, 0.1) is 0 Å². The number of allylic oxidation sites excluding steroid dienone is 17. The minimum absolute atomic E-state index is 0.0203. The lowest BCUT2D eigenvalue weighted by Crippen LogP contribution is -2.28. The summed E-state index contributed by atoms with van der Waals surface area (Å²) in [4.78, 5) is 22.4. The lowest BCUT2D eigenvalue weighted by Gasteiger charge is -2.20. The molecule has 0 aromatic carbocycles. The summed E-state index contributed by atoms with van der Waals surface area (Å²) in [5, 5.41) is 18.3. The molecule has 0 aliphatic heterocycles. The van der Waals surface area contributed by atoms with E-state index in [1.165, 1.54) is 0 Å². The number of rotatable bonds is 34. The summed E-state index contributed by atoms with van der Waals surface area (Å²) in [6, 6.07) is 0. The number of carbonyl (C=O) groups is 1. The van der Waals surface area contributed by atoms with Gasteiger partial charge in [0.25, 0.3) is 0 Å². The molecule has 0 radical (unpaired) electrons. The van der Waals surface area contributed by atoms with Crippen LogP contribution in [-0.4, -0.2) is 66.3 Å². The van der Waals surface area contributed by atoms with Gasteiger partial charge in [0.05, 0.1) is 32.8 Å². The summed E-state index contributed by atoms with van der Waals surface area (Å²) >= 11 is 0. The van der Waals surface area contributed by atoms with Crippen molar-refractivity contribution in [2.24, 2.45) is 0 Å². The number of esters is 1. The number of carbonyl (C=O) groups excluding carboxylic acids is 1. The number of hydrogen-bond acceptors (Lipinski definition) is 8. The Morgan fingerprint density at radius 1 is 0.596 bits per heavy atom. The highest BCUT2D eigenvalue weighted by atomic mass is 31.2. The zero-order chi connectivity index (χ0) is 38.2. The van der Waals surface area contributed by atoms with Gasteiger partial charge >= 0.3 is 13.8 Å². The molecule has 0 aliphatic carbocycles. The van der Waals surface area contributed by atoms with Crippen LogP contribution >= 0.6 is 7.82 Å². The van der Waals surface area contributed by atoms with E-state index in [1.54, 1.807) is 6.08 Å². The van der Waals surface area contributed by atoms with Gasteiger partial charge in [0.2, 0.25) is 0 Å². The van der Waals surface area contributed by atoms with E-state index in [1.807, 2.05) is 12.2 Å². The molecule has 10 heteroatoms. The molecule has 0 saturated carbocycles. The van der Waals surface area contributed by atoms with Gasteiger partial charge in [-0.2, -0.15) is 0 Å². The van der Waals surface area contributed by atoms with Gasteiger partial charge in [0.1, 0.15) is 12.2 Å². The Kier molecular flexibility index (Phi) is 35.8. The molecule has 0 rings (SSSR count). The summed E-state index contributed by atoms with van der Waals surface area (Å²) in [6.45, 7) is 3.02. The Hall–Kier alpha value is -2.88. The van der Waals surface area contributed by atoms with E-state index in [0.717, 1.165) is 77.0 Å². The van der Waals surface area contributed by atoms with Crippen LogP contribution in [0.5, 0.6) is 0 Å². The molecule has 0 aromatic heterocycles. The SMILES string of the molecule is CC/C=C\C/C=C\C/C=C\C/C=C\C/C=C\CC(=O)OC(COCCCCC/C=C\C/C=C\C/C=C\C/C=C\CC)COP(=O)(O)OCC(O)CO. The summed E-state index contributed by atoms with van der Waals surface area (Å²) in [5.74, 6) is -0.527. The quantitative estimate of drug-likeness (QED) is 0.0255. The molecular formula is C42H67O9P. The normalized spacial score (nSPS) is 15.4. The van der Waals surface area contributed by atoms with Crippen molar-refractivity contribution in [1.29, 1.82) is 0 Å². The zero-order valence-electron chi connectivity index (χ0n) is 31.7. The number of phosphoric acid groups is 1. The Morgan fingerprint density at radius 2 is 1.04 bits per heavy atom. The van der Waals surface area contributed by atoms with Crippen molar-refractivity contribution in [2.75, 3.05) is 33.0 Å². The first-order chi connectivity index (χ1) is 25.3. The van der Waals surface area contributed by atoms with E-state index >= 15 is 0 Å². The standard InChI is InChI=1S/C42H67O9P/c1-3-5-7-9-11-13-15-17-19-21-23-25-27-29-31-33-35-48-38-41(39-50-52(46,47)49-37-40(44)36-43)51-42(45)34-32-30-28-26-24-22-20-18-16-14-12-10-8-6-4-2/h5-8,11-14,17-20,23-26,30,32,40-41,43-44H,3-4,9-10,15-16,21-22,27-29,31,33-39H2,1-2H3,(H,46,47)/b7-5-,8-6-,13-11-,14-12-,19-17-,20-18-,25-23-,26-24-,32-30-. The minimum atomic E-state index is -4.55. The first kappa shape index (κ1) is 49.1. The zero-order valence-corrected chi connectivity index (χ0v) is 32.6. The summed E-state index contributed by atoms with van der Waals surface area (Å²) in [5.41, 5.74) is 0. The van der Waals surface area contributed by atoms with Gasteiger partial charge < -0.3 is 24.6 Å². The van der Waals surface area contributed by atoms with E-state index in [-0.39, 0.29) is 13.0 Å². The number of phosphoric ester groups is 1. The first-order valence-electron chi connectivity index (χ1n) is 18.9. The fourth-order valence-electron chi connectivity index (χ4n) is 4.18. The highest BCUT2D eigenvalue weighted by Crippen LogP contribution is 2.43. The smallest absolute Gasteiger partial charge is 0.457 e. The summed E-state index contributed by atoms with van der Waals surface area (Å²) in [6.07, 6.45) is 47.9. The molecule has 3 atom stereocenters. The first-order valence-corrected chi connectivity index (χ1v) is 20.4. The van der Waals surface area contributed by atoms with Crippen molar-refractivity contribution in [2.45, 2.75) is 116 Å². The molecule has 0 saturated heterocycles. The van der Waals surface area contributed by atoms with Crippen LogP contribution in [0.2, 0.25) is 0 Å². The summed E-state index contributed by atoms with van der Waals surface area (Å²) < 4.78 is 33.1. The van der Waals surface area contributed by atoms with Gasteiger partial charge in [-0.15, -0.1) is 0 Å². The molecule has 0 bridgehead atoms. The van der Waals surface area contributed by atoms with Gasteiger partial charge in [-0.25, -0.2) is 4.57 Å². The van der Waals surface area contributed by atoms with E-state index in [4.69, 9.17) is 23.6 Å². The molecule has 0 heterocycles. The average molecular weight is 747 g/mol. The maximum Gasteiger partial charge on any atom is 0.472 e. The molecule has 0 spiro atoms. The van der Waals surface area contributed by atoms with Crippen molar-refractivity contribution >= 4 is 13.8 Å². The Morgan fingerprint density at radius 3 is 1.52 bits per heavy atom. The highest BCUT2D eigenvalue weighted by Gasteiger charge is 2.26. The van der Waals surface area contributed by atoms with Crippen LogP contribution < -0.4 is 0 Å². The van der Waals surface area contributed by atoms with Crippen LogP contribution in [0.3, 0.4) is 0 Å². The van der Waals surface area contributed by atoms with Crippen molar-refractivity contribution < 1.29 is 43.0 Å². The van der Waals surface area contributed by atoms with Gasteiger partial charge in [-0.1, -0.05) is 130 Å². The molecule has 9 nitrogen and oxygen atoms in total. The topological polar surface area (TPSA) is 132 Å². The van der Waals surface area contributed by atoms with Crippen molar-refractivity contribution in [3.63, 3.8) is 0 Å². The average Bonchev–Trinajstić information content (AvgIpc) is 3.13. The van der Waals surface area contributed by atoms with Gasteiger partial charge in [0.15, 0.2) is 0 Å². The maximum atomic E-state index is 12.5. The van der Waals surface area contributed by atoms with Crippen LogP contribution in [0.25, 0.3) is 0 Å². The van der Waals surface area contributed by atoms with E-state index < -0.39 is 45.8 Å². The molecule has 3 unspecified atom stereocenters. The Balaban J connectivity index is 4.48. The number of unbranched alkanes of at least 4 members (excludes halogenated alkanes) is 3. The molecule has 294 valence electrons. The Bertz CT molecular complexity index is 1160. The minimum Gasteiger partial charge on any atom is -0.457 e. The van der Waals surface area contributed by atoms with Crippen molar-refractivity contribution in [3.8, 4) is 0 Å². The third-order valence-electron chi connectivity index (χ3n) is 6.99. The lowest BCUT2D eigenvalue weighted by atomic mass is 10.2. The molecule has 0 amide bonds. The number of ether oxygens (including phenoxy) is 2. The second-order valence-corrected chi connectivity index (χ2v) is 13.3. The fourth-order valence-corrected chi connectivity index (χ4v) is 4.97. The van der Waals surface area contributed by atoms with Crippen LogP contribution in [0.1, 0.15) is 104 Å². The van der Waals surface area contributed by atoms with Crippen LogP contribution in [-0.2, 0) is 27.9 Å². The van der Waals surface area contributed by atoms with E-state index in [2.05, 4.69) is 105 Å². The molecule has 3 N–H and O–H groups in total. The predicted molar refractivity (Wildman–Crippen MR) is 214 cm³/mol. The van der Waals surface area contributed by atoms with Crippen molar-refractivity contribution in [1.82, 2.24) is 0 Å². The van der Waals surface area contributed by atoms with Gasteiger partial charge in [-0.3, -0.25) is 13.8 Å². The third-order valence-corrected chi connectivity index (χ3v) is 7.94. The highest BCUT2D eigenvalue weighted by molar-refractivity contribution is 7.47. The number of aliphatic hydroxyl groups excluding tert-OH is 2. The van der Waals surface area contributed by atoms with Gasteiger partial charge in [0, 0.05) is 6.61 Å². The third kappa shape index (κ3) is 36.9. The van der Waals surface area contributed by atoms with Crippen LogP contribution in [0.15, 0.2) is 109 Å². The second-order valence-electron chi connectivity index (χ2n) is 11.8. The summed E-state index contributed by atoms with van der Waals surface area (Å²) in [7, 11) is -4.55. The van der Waals surface area contributed by atoms with Gasteiger partial charge in [-0.05, 0) is 77.0 Å². The second kappa shape index (κ2) is 37.9. The molecule has 0 aromatic rings. The monoisotopic (exact) mass is 746 g/mol. The predicted octanol–water partition coefficient (Wildman–Crippen LogP) is 9.91. The fraction of sp³-hybridized carbons (Fsp3) is 0.548. The lowest BCUT2D eigenvalue weighted by molar-refractivity contribution is -0.153. The molecule has 0 aliphatic rings. The maximum absolute atomic E-state index is 12.5. The number of aliphatic hydroxyl groups is 2. The van der Waals surface area contributed by atoms with Crippen molar-refractivity contribution in [3.05, 3.63) is 109 Å². The number of hydrogen-bond donors (Lipinski definition) is 3. The molecule has 52 heavy (non-hydrogen) atoms. The molecule has 0 fully saturated rings. The largest absolute Gasteiger partial charge is 0.472 e. The Labute approximate surface area is 314 Å². The van der Waals surface area contributed by atoms with E-state index in [9.17, 15) is 19.4 Å². The van der Waals surface area contributed by atoms with Crippen LogP contribution in [0.4, 0.5) is 0 Å².